The van der Waals surface area contributed by atoms with Gasteiger partial charge in [-0.3, -0.25) is 0 Å². The van der Waals surface area contributed by atoms with Gasteiger partial charge in [0.25, 0.3) is 0 Å². The lowest BCUT2D eigenvalue weighted by Gasteiger charge is -2.40. The monoisotopic (exact) mass is 212 g/mol. The van der Waals surface area contributed by atoms with Gasteiger partial charge < -0.3 is 9.64 Å². The molecule has 1 aliphatic heterocycles. The van der Waals surface area contributed by atoms with Crippen molar-refractivity contribution < 1.29 is 9.64 Å². The topological polar surface area (TPSA) is 13.7 Å². The Hall–Kier alpha value is -0.0800. The SMILES string of the molecule is C[C@@H]1CCC[C@H]([NH+]2C[C@@H](C)O[C@@H](C)C2)C1. The van der Waals surface area contributed by atoms with Gasteiger partial charge in [0.15, 0.2) is 0 Å². The maximum Gasteiger partial charge on any atom is 0.104 e. The molecule has 1 heterocycles. The lowest BCUT2D eigenvalue weighted by molar-refractivity contribution is -0.941. The van der Waals surface area contributed by atoms with Crippen LogP contribution in [0, 0.1) is 5.92 Å². The Kier molecular flexibility index (Phi) is 3.68. The highest BCUT2D eigenvalue weighted by Gasteiger charge is 2.33. The van der Waals surface area contributed by atoms with Crippen LogP contribution in [0.1, 0.15) is 46.5 Å². The van der Waals surface area contributed by atoms with Gasteiger partial charge in [0.1, 0.15) is 25.3 Å². The average molecular weight is 212 g/mol. The zero-order valence-electron chi connectivity index (χ0n) is 10.5. The Morgan fingerprint density at radius 2 is 1.67 bits per heavy atom. The first-order valence-electron chi connectivity index (χ1n) is 6.65. The van der Waals surface area contributed by atoms with Gasteiger partial charge in [0.2, 0.25) is 0 Å². The number of rotatable bonds is 1. The minimum Gasteiger partial charge on any atom is -0.364 e. The molecular formula is C13H26NO+. The summed E-state index contributed by atoms with van der Waals surface area (Å²) in [6.45, 7) is 9.31. The summed E-state index contributed by atoms with van der Waals surface area (Å²) in [5.41, 5.74) is 0. The van der Waals surface area contributed by atoms with Crippen molar-refractivity contribution in [3.05, 3.63) is 0 Å². The molecule has 0 bridgehead atoms. The number of hydrogen-bond acceptors (Lipinski definition) is 1. The van der Waals surface area contributed by atoms with Crippen LogP contribution in [0.5, 0.6) is 0 Å². The molecular weight excluding hydrogens is 186 g/mol. The molecule has 5 atom stereocenters. The molecule has 1 aliphatic carbocycles. The largest absolute Gasteiger partial charge is 0.364 e. The third-order valence-electron chi connectivity index (χ3n) is 4.08. The third-order valence-corrected chi connectivity index (χ3v) is 4.08. The maximum atomic E-state index is 5.81. The first-order valence-corrected chi connectivity index (χ1v) is 6.65. The van der Waals surface area contributed by atoms with Crippen LogP contribution in [0.15, 0.2) is 0 Å². The molecule has 15 heavy (non-hydrogen) atoms. The van der Waals surface area contributed by atoms with Crippen LogP contribution in [0.3, 0.4) is 0 Å². The summed E-state index contributed by atoms with van der Waals surface area (Å²) in [6, 6.07) is 0.919. The van der Waals surface area contributed by atoms with Gasteiger partial charge >= 0.3 is 0 Å². The normalized spacial score (nSPS) is 47.8. The van der Waals surface area contributed by atoms with Gasteiger partial charge in [-0.25, -0.2) is 0 Å². The van der Waals surface area contributed by atoms with Crippen molar-refractivity contribution in [2.45, 2.75) is 64.7 Å². The van der Waals surface area contributed by atoms with Crippen molar-refractivity contribution in [2.75, 3.05) is 13.1 Å². The molecule has 2 aliphatic rings. The lowest BCUT2D eigenvalue weighted by Crippen LogP contribution is -3.19. The summed E-state index contributed by atoms with van der Waals surface area (Å²) >= 11 is 0. The van der Waals surface area contributed by atoms with Crippen molar-refractivity contribution in [1.29, 1.82) is 0 Å². The molecule has 2 fully saturated rings. The van der Waals surface area contributed by atoms with Crippen LogP contribution < -0.4 is 4.90 Å². The molecule has 2 rings (SSSR count). The van der Waals surface area contributed by atoms with Crippen LogP contribution in [-0.2, 0) is 4.74 Å². The fraction of sp³-hybridized carbons (Fsp3) is 1.00. The smallest absolute Gasteiger partial charge is 0.104 e. The van der Waals surface area contributed by atoms with Gasteiger partial charge in [0.05, 0.1) is 6.04 Å². The molecule has 1 unspecified atom stereocenters. The van der Waals surface area contributed by atoms with Crippen molar-refractivity contribution >= 4 is 0 Å². The molecule has 1 N–H and O–H groups in total. The van der Waals surface area contributed by atoms with Crippen molar-refractivity contribution in [3.8, 4) is 0 Å². The molecule has 0 amide bonds. The molecule has 0 spiro atoms. The molecule has 88 valence electrons. The highest BCUT2D eigenvalue weighted by Crippen LogP contribution is 2.22. The first kappa shape index (κ1) is 11.4. The molecule has 0 radical (unpaired) electrons. The molecule has 1 saturated carbocycles. The van der Waals surface area contributed by atoms with E-state index < -0.39 is 0 Å². The standard InChI is InChI=1S/C13H25NO/c1-10-5-4-6-13(7-10)14-8-11(2)15-12(3)9-14/h10-13H,4-9H2,1-3H3/p+1/t10-,11-,12+,13+/m1/s1. The van der Waals surface area contributed by atoms with Crippen LogP contribution in [0.2, 0.25) is 0 Å². The first-order chi connectivity index (χ1) is 7.15. The van der Waals surface area contributed by atoms with Gasteiger partial charge in [0, 0.05) is 6.42 Å². The summed E-state index contributed by atoms with van der Waals surface area (Å²) in [7, 11) is 0. The quantitative estimate of drug-likeness (QED) is 0.691. The minimum atomic E-state index is 0.459. The van der Waals surface area contributed by atoms with E-state index in [2.05, 4.69) is 20.8 Å². The summed E-state index contributed by atoms with van der Waals surface area (Å²) in [6.07, 6.45) is 6.69. The Morgan fingerprint density at radius 3 is 2.27 bits per heavy atom. The van der Waals surface area contributed by atoms with Crippen molar-refractivity contribution in [3.63, 3.8) is 0 Å². The van der Waals surface area contributed by atoms with E-state index >= 15 is 0 Å². The number of morpholine rings is 1. The lowest BCUT2D eigenvalue weighted by atomic mass is 9.86. The summed E-state index contributed by atoms with van der Waals surface area (Å²) in [5, 5.41) is 0. The zero-order valence-corrected chi connectivity index (χ0v) is 10.5. The Balaban J connectivity index is 1.91. The third kappa shape index (κ3) is 2.94. The van der Waals surface area contributed by atoms with Crippen molar-refractivity contribution in [1.82, 2.24) is 0 Å². The van der Waals surface area contributed by atoms with E-state index in [1.807, 2.05) is 4.90 Å². The highest BCUT2D eigenvalue weighted by molar-refractivity contribution is 4.71. The highest BCUT2D eigenvalue weighted by atomic mass is 16.5. The van der Waals surface area contributed by atoms with Gasteiger partial charge in [-0.1, -0.05) is 13.3 Å². The summed E-state index contributed by atoms with van der Waals surface area (Å²) in [4.78, 5) is 1.81. The van der Waals surface area contributed by atoms with Crippen LogP contribution in [-0.4, -0.2) is 31.3 Å². The molecule has 1 saturated heterocycles. The van der Waals surface area contributed by atoms with Crippen LogP contribution in [0.4, 0.5) is 0 Å². The van der Waals surface area contributed by atoms with E-state index in [9.17, 15) is 0 Å². The second-order valence-corrected chi connectivity index (χ2v) is 5.79. The number of quaternary nitrogens is 1. The fourth-order valence-electron chi connectivity index (χ4n) is 3.45. The maximum absolute atomic E-state index is 5.81. The average Bonchev–Trinajstić information content (AvgIpc) is 2.16. The zero-order chi connectivity index (χ0) is 10.8. The summed E-state index contributed by atoms with van der Waals surface area (Å²) in [5.74, 6) is 0.949. The minimum absolute atomic E-state index is 0.459. The summed E-state index contributed by atoms with van der Waals surface area (Å²) < 4.78 is 5.81. The van der Waals surface area contributed by atoms with E-state index in [4.69, 9.17) is 4.74 Å². The molecule has 2 nitrogen and oxygen atoms in total. The van der Waals surface area contributed by atoms with Gasteiger partial charge in [-0.05, 0) is 32.6 Å². The Bertz CT molecular complexity index is 197. The van der Waals surface area contributed by atoms with Crippen LogP contribution in [0.25, 0.3) is 0 Å². The van der Waals surface area contributed by atoms with Gasteiger partial charge in [-0.2, -0.15) is 0 Å². The van der Waals surface area contributed by atoms with E-state index in [-0.39, 0.29) is 0 Å². The predicted octanol–water partition coefficient (Wildman–Crippen LogP) is 1.26. The Labute approximate surface area is 94.0 Å². The second-order valence-electron chi connectivity index (χ2n) is 5.79. The fourth-order valence-corrected chi connectivity index (χ4v) is 3.45. The van der Waals surface area contributed by atoms with E-state index in [0.717, 1.165) is 12.0 Å². The van der Waals surface area contributed by atoms with Crippen molar-refractivity contribution in [2.24, 2.45) is 5.92 Å². The number of ether oxygens (including phenoxy) is 1. The van der Waals surface area contributed by atoms with E-state index in [1.54, 1.807) is 0 Å². The number of nitrogens with one attached hydrogen (secondary N) is 1. The second kappa shape index (κ2) is 4.84. The molecule has 2 heteroatoms. The molecule has 0 aromatic carbocycles. The van der Waals surface area contributed by atoms with Crippen LogP contribution >= 0.6 is 0 Å². The van der Waals surface area contributed by atoms with Gasteiger partial charge in [-0.15, -0.1) is 0 Å². The predicted molar refractivity (Wildman–Crippen MR) is 62.1 cm³/mol. The molecule has 0 aromatic rings. The van der Waals surface area contributed by atoms with E-state index in [0.29, 0.717) is 12.2 Å². The molecule has 0 aromatic heterocycles. The number of hydrogen-bond donors (Lipinski definition) is 1. The van der Waals surface area contributed by atoms with E-state index in [1.165, 1.54) is 38.8 Å². The Morgan fingerprint density at radius 1 is 1.00 bits per heavy atom.